The molecular weight excluding hydrogens is 238 g/mol. The van der Waals surface area contributed by atoms with Crippen LogP contribution < -0.4 is 5.32 Å². The molecule has 0 aliphatic carbocycles. The molecule has 0 bridgehead atoms. The van der Waals surface area contributed by atoms with Gasteiger partial charge in [-0.15, -0.1) is 0 Å². The van der Waals surface area contributed by atoms with Crippen LogP contribution in [0.15, 0.2) is 24.4 Å². The summed E-state index contributed by atoms with van der Waals surface area (Å²) in [4.78, 5) is 19.2. The number of carboxylic acids is 1. The largest absolute Gasteiger partial charge is 0.477 e. The molecule has 0 amide bonds. The number of hydrogen-bond acceptors (Lipinski definition) is 5. The van der Waals surface area contributed by atoms with Crippen molar-refractivity contribution in [3.8, 4) is 0 Å². The van der Waals surface area contributed by atoms with Crippen LogP contribution in [0, 0.1) is 6.92 Å². The standard InChI is InChI=1S/C11H11N3O2S/c1-7-3-2-4-8(14-7)5-12-11-13-6-9(17-11)10(15)16/h2-4,6H,5H2,1H3,(H,12,13)(H,15,16). The molecule has 0 aliphatic rings. The Kier molecular flexibility index (Phi) is 3.34. The third kappa shape index (κ3) is 3.01. The molecule has 17 heavy (non-hydrogen) atoms. The second-order valence-corrected chi connectivity index (χ2v) is 4.49. The van der Waals surface area contributed by atoms with Gasteiger partial charge in [0.15, 0.2) is 5.13 Å². The Morgan fingerprint density at radius 2 is 2.35 bits per heavy atom. The van der Waals surface area contributed by atoms with Crippen molar-refractivity contribution < 1.29 is 9.90 Å². The van der Waals surface area contributed by atoms with Crippen LogP contribution >= 0.6 is 11.3 Å². The maximum absolute atomic E-state index is 10.7. The highest BCUT2D eigenvalue weighted by atomic mass is 32.1. The first-order valence-electron chi connectivity index (χ1n) is 5.00. The van der Waals surface area contributed by atoms with Crippen LogP contribution in [0.4, 0.5) is 5.13 Å². The van der Waals surface area contributed by atoms with Crippen LogP contribution in [0.5, 0.6) is 0 Å². The van der Waals surface area contributed by atoms with E-state index in [9.17, 15) is 4.79 Å². The lowest BCUT2D eigenvalue weighted by Gasteiger charge is -2.02. The van der Waals surface area contributed by atoms with Gasteiger partial charge < -0.3 is 10.4 Å². The first-order valence-corrected chi connectivity index (χ1v) is 5.82. The number of nitrogens with one attached hydrogen (secondary N) is 1. The monoisotopic (exact) mass is 249 g/mol. The minimum absolute atomic E-state index is 0.227. The van der Waals surface area contributed by atoms with Gasteiger partial charge in [-0.25, -0.2) is 9.78 Å². The van der Waals surface area contributed by atoms with Gasteiger partial charge in [-0.3, -0.25) is 4.98 Å². The van der Waals surface area contributed by atoms with E-state index in [0.29, 0.717) is 11.7 Å². The van der Waals surface area contributed by atoms with Crippen molar-refractivity contribution in [3.63, 3.8) is 0 Å². The number of pyridine rings is 1. The number of carboxylic acid groups (broad SMARTS) is 1. The van der Waals surface area contributed by atoms with Gasteiger partial charge in [-0.1, -0.05) is 17.4 Å². The molecule has 2 heterocycles. The zero-order chi connectivity index (χ0) is 12.3. The summed E-state index contributed by atoms with van der Waals surface area (Å²) in [7, 11) is 0. The van der Waals surface area contributed by atoms with E-state index in [4.69, 9.17) is 5.11 Å². The maximum atomic E-state index is 10.7. The molecule has 0 radical (unpaired) electrons. The van der Waals surface area contributed by atoms with Crippen molar-refractivity contribution in [2.45, 2.75) is 13.5 Å². The predicted molar refractivity (Wildman–Crippen MR) is 65.4 cm³/mol. The van der Waals surface area contributed by atoms with Gasteiger partial charge in [0.25, 0.3) is 0 Å². The topological polar surface area (TPSA) is 75.1 Å². The molecule has 5 nitrogen and oxygen atoms in total. The highest BCUT2D eigenvalue weighted by molar-refractivity contribution is 7.17. The minimum Gasteiger partial charge on any atom is -0.477 e. The number of nitrogens with zero attached hydrogens (tertiary/aromatic N) is 2. The van der Waals surface area contributed by atoms with E-state index >= 15 is 0 Å². The molecule has 0 atom stereocenters. The van der Waals surface area contributed by atoms with Crippen LogP contribution in [-0.2, 0) is 6.54 Å². The minimum atomic E-state index is -0.954. The van der Waals surface area contributed by atoms with Crippen LogP contribution in [0.3, 0.4) is 0 Å². The molecule has 0 saturated carbocycles. The van der Waals surface area contributed by atoms with E-state index in [0.717, 1.165) is 22.7 Å². The summed E-state index contributed by atoms with van der Waals surface area (Å²) >= 11 is 1.11. The molecule has 88 valence electrons. The fourth-order valence-electron chi connectivity index (χ4n) is 1.32. The lowest BCUT2D eigenvalue weighted by Crippen LogP contribution is -2.01. The van der Waals surface area contributed by atoms with Gasteiger partial charge in [0.05, 0.1) is 18.4 Å². The predicted octanol–water partition coefficient (Wildman–Crippen LogP) is 2.16. The van der Waals surface area contributed by atoms with Crippen molar-refractivity contribution >= 4 is 22.4 Å². The maximum Gasteiger partial charge on any atom is 0.347 e. The summed E-state index contributed by atoms with van der Waals surface area (Å²) in [5.41, 5.74) is 1.85. The number of aromatic carboxylic acids is 1. The Bertz CT molecular complexity index is 539. The van der Waals surface area contributed by atoms with Gasteiger partial charge >= 0.3 is 5.97 Å². The Labute approximate surface area is 102 Å². The van der Waals surface area contributed by atoms with Gasteiger partial charge in [-0.05, 0) is 19.1 Å². The second kappa shape index (κ2) is 4.92. The van der Waals surface area contributed by atoms with Gasteiger partial charge in [0, 0.05) is 5.69 Å². The zero-order valence-electron chi connectivity index (χ0n) is 9.17. The van der Waals surface area contributed by atoms with E-state index < -0.39 is 5.97 Å². The third-order valence-corrected chi connectivity index (χ3v) is 3.03. The van der Waals surface area contributed by atoms with Gasteiger partial charge in [-0.2, -0.15) is 0 Å². The Hall–Kier alpha value is -1.95. The fourth-order valence-corrected chi connectivity index (χ4v) is 1.97. The zero-order valence-corrected chi connectivity index (χ0v) is 9.99. The molecule has 0 unspecified atom stereocenters. The Morgan fingerprint density at radius 1 is 1.53 bits per heavy atom. The summed E-state index contributed by atoms with van der Waals surface area (Å²) in [6, 6.07) is 5.77. The highest BCUT2D eigenvalue weighted by Crippen LogP contribution is 2.18. The smallest absolute Gasteiger partial charge is 0.347 e. The van der Waals surface area contributed by atoms with Gasteiger partial charge in [0.2, 0.25) is 0 Å². The SMILES string of the molecule is Cc1cccc(CNc2ncc(C(=O)O)s2)n1. The van der Waals surface area contributed by atoms with E-state index in [2.05, 4.69) is 15.3 Å². The molecule has 0 aromatic carbocycles. The molecule has 0 aliphatic heterocycles. The van der Waals surface area contributed by atoms with Crippen LogP contribution in [0.25, 0.3) is 0 Å². The molecule has 2 aromatic rings. The number of aromatic nitrogens is 2. The number of hydrogen-bond donors (Lipinski definition) is 2. The van der Waals surface area contributed by atoms with E-state index in [-0.39, 0.29) is 4.88 Å². The van der Waals surface area contributed by atoms with E-state index in [1.165, 1.54) is 6.20 Å². The Morgan fingerprint density at radius 3 is 3.00 bits per heavy atom. The fraction of sp³-hybridized carbons (Fsp3) is 0.182. The summed E-state index contributed by atoms with van der Waals surface area (Å²) < 4.78 is 0. The van der Waals surface area contributed by atoms with Crippen LogP contribution in [-0.4, -0.2) is 21.0 Å². The van der Waals surface area contributed by atoms with Crippen molar-refractivity contribution in [2.75, 3.05) is 5.32 Å². The van der Waals surface area contributed by atoms with E-state index in [1.54, 1.807) is 0 Å². The Balaban J connectivity index is 2.00. The molecule has 6 heteroatoms. The number of anilines is 1. The average molecular weight is 249 g/mol. The summed E-state index contributed by atoms with van der Waals surface area (Å²) in [5, 5.41) is 12.4. The van der Waals surface area contributed by atoms with E-state index in [1.807, 2.05) is 25.1 Å². The van der Waals surface area contributed by atoms with Crippen molar-refractivity contribution in [1.82, 2.24) is 9.97 Å². The first kappa shape index (κ1) is 11.5. The first-order chi connectivity index (χ1) is 8.15. The second-order valence-electron chi connectivity index (χ2n) is 3.46. The van der Waals surface area contributed by atoms with Crippen LogP contribution in [0.1, 0.15) is 21.1 Å². The molecule has 0 spiro atoms. The third-order valence-electron chi connectivity index (χ3n) is 2.08. The lowest BCUT2D eigenvalue weighted by molar-refractivity contribution is 0.0702. The number of carbonyl (C=O) groups is 1. The molecule has 2 aromatic heterocycles. The van der Waals surface area contributed by atoms with Crippen LogP contribution in [0.2, 0.25) is 0 Å². The summed E-state index contributed by atoms with van der Waals surface area (Å²) in [5.74, 6) is -0.954. The van der Waals surface area contributed by atoms with Crippen molar-refractivity contribution in [2.24, 2.45) is 0 Å². The summed E-state index contributed by atoms with van der Waals surface area (Å²) in [6.45, 7) is 2.46. The molecule has 2 N–H and O–H groups in total. The summed E-state index contributed by atoms with van der Waals surface area (Å²) in [6.07, 6.45) is 1.35. The number of thiazole rings is 1. The normalized spacial score (nSPS) is 10.2. The molecule has 0 saturated heterocycles. The molecular formula is C11H11N3O2S. The quantitative estimate of drug-likeness (QED) is 0.868. The highest BCUT2D eigenvalue weighted by Gasteiger charge is 2.08. The number of aryl methyl sites for hydroxylation is 1. The number of rotatable bonds is 4. The molecule has 2 rings (SSSR count). The molecule has 0 fully saturated rings. The average Bonchev–Trinajstić information content (AvgIpc) is 2.75. The van der Waals surface area contributed by atoms with Gasteiger partial charge in [0.1, 0.15) is 4.88 Å². The lowest BCUT2D eigenvalue weighted by atomic mass is 10.3. The van der Waals surface area contributed by atoms with Crippen molar-refractivity contribution in [3.05, 3.63) is 40.7 Å². The van der Waals surface area contributed by atoms with Crippen molar-refractivity contribution in [1.29, 1.82) is 0 Å².